The van der Waals surface area contributed by atoms with Crippen molar-refractivity contribution in [1.82, 2.24) is 0 Å². The molecule has 32 heavy (non-hydrogen) atoms. The summed E-state index contributed by atoms with van der Waals surface area (Å²) in [6, 6.07) is 12.3. The Labute approximate surface area is 190 Å². The molecule has 0 aliphatic heterocycles. The van der Waals surface area contributed by atoms with Gasteiger partial charge in [-0.15, -0.1) is 11.3 Å². The summed E-state index contributed by atoms with van der Waals surface area (Å²) in [4.78, 5) is 25.3. The zero-order chi connectivity index (χ0) is 23.6. The fourth-order valence-electron chi connectivity index (χ4n) is 3.14. The molecular formula is C22H23N3O5S2. The van der Waals surface area contributed by atoms with E-state index in [2.05, 4.69) is 5.32 Å². The molecule has 3 N–H and O–H groups in total. The largest absolute Gasteiger partial charge is 0.495 e. The van der Waals surface area contributed by atoms with E-state index in [0.29, 0.717) is 16.4 Å². The zero-order valence-corrected chi connectivity index (χ0v) is 19.6. The summed E-state index contributed by atoms with van der Waals surface area (Å²) in [6.45, 7) is 3.60. The topological polar surface area (TPSA) is 119 Å². The van der Waals surface area contributed by atoms with Crippen LogP contribution in [0, 0.1) is 13.8 Å². The van der Waals surface area contributed by atoms with Crippen molar-refractivity contribution in [3.63, 3.8) is 0 Å². The fourth-order valence-corrected chi connectivity index (χ4v) is 5.41. The molecule has 0 saturated carbocycles. The number of nitrogens with zero attached hydrogens (tertiary/aromatic N) is 1. The number of primary amides is 1. The van der Waals surface area contributed by atoms with E-state index < -0.39 is 21.8 Å². The third-order valence-electron chi connectivity index (χ3n) is 5.06. The van der Waals surface area contributed by atoms with E-state index in [1.165, 1.54) is 49.8 Å². The van der Waals surface area contributed by atoms with Crippen LogP contribution in [0.25, 0.3) is 0 Å². The number of benzene rings is 2. The molecule has 0 atom stereocenters. The first-order valence-corrected chi connectivity index (χ1v) is 11.8. The molecule has 0 aliphatic rings. The SMILES string of the molecule is COc1ccccc1N(C)S(=O)(=O)c1ccc(C(=O)Nc2sc(C)c(C)c2C(N)=O)cc1. The summed E-state index contributed by atoms with van der Waals surface area (Å²) >= 11 is 1.26. The van der Waals surface area contributed by atoms with E-state index in [0.717, 1.165) is 14.7 Å². The number of para-hydroxylation sites is 2. The van der Waals surface area contributed by atoms with E-state index >= 15 is 0 Å². The van der Waals surface area contributed by atoms with E-state index in [1.54, 1.807) is 31.2 Å². The zero-order valence-electron chi connectivity index (χ0n) is 18.0. The number of methoxy groups -OCH3 is 1. The molecule has 0 spiro atoms. The van der Waals surface area contributed by atoms with Gasteiger partial charge in [0.05, 0.1) is 23.3 Å². The third-order valence-corrected chi connectivity index (χ3v) is 7.97. The van der Waals surface area contributed by atoms with Gasteiger partial charge in [0.2, 0.25) is 0 Å². The standard InChI is InChI=1S/C22H23N3O5S2/c1-13-14(2)31-22(19(13)20(23)26)24-21(27)15-9-11-16(12-10-15)32(28,29)25(3)17-7-5-6-8-18(17)30-4/h5-12H,1-4H3,(H2,23,26)(H,24,27). The Kier molecular flexibility index (Phi) is 6.56. The van der Waals surface area contributed by atoms with E-state index in [1.807, 2.05) is 6.92 Å². The van der Waals surface area contributed by atoms with Crippen LogP contribution in [0.2, 0.25) is 0 Å². The van der Waals surface area contributed by atoms with Crippen molar-refractivity contribution in [1.29, 1.82) is 0 Å². The van der Waals surface area contributed by atoms with Gasteiger partial charge >= 0.3 is 0 Å². The van der Waals surface area contributed by atoms with Crippen molar-refractivity contribution >= 4 is 43.9 Å². The number of aryl methyl sites for hydroxylation is 1. The Morgan fingerprint density at radius 2 is 1.69 bits per heavy atom. The number of nitrogens with two attached hydrogens (primary N) is 1. The van der Waals surface area contributed by atoms with Crippen LogP contribution >= 0.6 is 11.3 Å². The predicted octanol–water partition coefficient (Wildman–Crippen LogP) is 3.55. The highest BCUT2D eigenvalue weighted by Crippen LogP contribution is 2.33. The lowest BCUT2D eigenvalue weighted by molar-refractivity contribution is 0.100. The number of anilines is 2. The molecule has 0 saturated heterocycles. The molecule has 2 aromatic carbocycles. The summed E-state index contributed by atoms with van der Waals surface area (Å²) in [5.74, 6) is -0.680. The second-order valence-electron chi connectivity index (χ2n) is 6.97. The Morgan fingerprint density at radius 1 is 1.06 bits per heavy atom. The molecular weight excluding hydrogens is 450 g/mol. The summed E-state index contributed by atoms with van der Waals surface area (Å²) in [5.41, 5.74) is 7.07. The fraction of sp³-hybridized carbons (Fsp3) is 0.182. The van der Waals surface area contributed by atoms with Crippen molar-refractivity contribution < 1.29 is 22.7 Å². The lowest BCUT2D eigenvalue weighted by atomic mass is 10.1. The van der Waals surface area contributed by atoms with Gasteiger partial charge in [-0.05, 0) is 55.8 Å². The molecule has 0 unspecified atom stereocenters. The maximum atomic E-state index is 13.1. The molecule has 0 aliphatic carbocycles. The highest BCUT2D eigenvalue weighted by molar-refractivity contribution is 7.92. The van der Waals surface area contributed by atoms with Crippen LogP contribution in [0.1, 0.15) is 31.2 Å². The number of carbonyl (C=O) groups is 2. The molecule has 3 aromatic rings. The summed E-state index contributed by atoms with van der Waals surface area (Å²) < 4.78 is 32.5. The molecule has 3 rings (SSSR count). The molecule has 2 amide bonds. The first-order chi connectivity index (χ1) is 15.1. The monoisotopic (exact) mass is 473 g/mol. The molecule has 0 bridgehead atoms. The van der Waals surface area contributed by atoms with Crippen LogP contribution < -0.4 is 20.1 Å². The van der Waals surface area contributed by atoms with Crippen LogP contribution in [-0.2, 0) is 10.0 Å². The number of carbonyl (C=O) groups excluding carboxylic acids is 2. The molecule has 1 aromatic heterocycles. The van der Waals surface area contributed by atoms with Gasteiger partial charge in [-0.3, -0.25) is 13.9 Å². The molecule has 0 radical (unpaired) electrons. The van der Waals surface area contributed by atoms with Gasteiger partial charge in [-0.1, -0.05) is 12.1 Å². The van der Waals surface area contributed by atoms with E-state index in [-0.39, 0.29) is 16.0 Å². The minimum atomic E-state index is -3.88. The van der Waals surface area contributed by atoms with Gasteiger partial charge < -0.3 is 15.8 Å². The quantitative estimate of drug-likeness (QED) is 0.544. The lowest BCUT2D eigenvalue weighted by Gasteiger charge is -2.21. The molecule has 1 heterocycles. The number of rotatable bonds is 7. The molecule has 10 heteroatoms. The van der Waals surface area contributed by atoms with Crippen molar-refractivity contribution in [2.75, 3.05) is 23.8 Å². The number of sulfonamides is 1. The van der Waals surface area contributed by atoms with Crippen LogP contribution in [0.5, 0.6) is 5.75 Å². The third kappa shape index (κ3) is 4.32. The van der Waals surface area contributed by atoms with Gasteiger partial charge in [0.25, 0.3) is 21.8 Å². The smallest absolute Gasteiger partial charge is 0.264 e. The molecule has 0 fully saturated rings. The second kappa shape index (κ2) is 9.01. The summed E-state index contributed by atoms with van der Waals surface area (Å²) in [7, 11) is -0.987. The Morgan fingerprint density at radius 3 is 2.28 bits per heavy atom. The summed E-state index contributed by atoms with van der Waals surface area (Å²) in [5, 5.41) is 3.06. The number of amides is 2. The van der Waals surface area contributed by atoms with Crippen LogP contribution in [-0.4, -0.2) is 34.4 Å². The minimum absolute atomic E-state index is 0.0168. The second-order valence-corrected chi connectivity index (χ2v) is 10.2. The van der Waals surface area contributed by atoms with Crippen LogP contribution in [0.3, 0.4) is 0 Å². The van der Waals surface area contributed by atoms with Gasteiger partial charge in [-0.25, -0.2) is 8.42 Å². The van der Waals surface area contributed by atoms with Crippen molar-refractivity contribution in [3.05, 3.63) is 70.1 Å². The Bertz CT molecular complexity index is 1280. The normalized spacial score (nSPS) is 11.1. The lowest BCUT2D eigenvalue weighted by Crippen LogP contribution is -2.27. The maximum Gasteiger partial charge on any atom is 0.264 e. The number of hydrogen-bond donors (Lipinski definition) is 2. The predicted molar refractivity (Wildman–Crippen MR) is 125 cm³/mol. The molecule has 168 valence electrons. The first-order valence-electron chi connectivity index (χ1n) is 9.51. The van der Waals surface area contributed by atoms with Crippen LogP contribution in [0.15, 0.2) is 53.4 Å². The number of nitrogens with one attached hydrogen (secondary N) is 1. The minimum Gasteiger partial charge on any atom is -0.495 e. The van der Waals surface area contributed by atoms with Gasteiger partial charge in [0, 0.05) is 17.5 Å². The highest BCUT2D eigenvalue weighted by Gasteiger charge is 2.24. The van der Waals surface area contributed by atoms with Crippen molar-refractivity contribution in [2.24, 2.45) is 5.73 Å². The van der Waals surface area contributed by atoms with Gasteiger partial charge in [0.1, 0.15) is 10.8 Å². The van der Waals surface area contributed by atoms with Crippen LogP contribution in [0.4, 0.5) is 10.7 Å². The average Bonchev–Trinajstić information content (AvgIpc) is 3.06. The average molecular weight is 474 g/mol. The Balaban J connectivity index is 1.85. The van der Waals surface area contributed by atoms with E-state index in [4.69, 9.17) is 10.5 Å². The maximum absolute atomic E-state index is 13.1. The highest BCUT2D eigenvalue weighted by atomic mass is 32.2. The van der Waals surface area contributed by atoms with Gasteiger partial charge in [-0.2, -0.15) is 0 Å². The van der Waals surface area contributed by atoms with Crippen molar-refractivity contribution in [2.45, 2.75) is 18.7 Å². The first kappa shape index (κ1) is 23.3. The van der Waals surface area contributed by atoms with E-state index in [9.17, 15) is 18.0 Å². The number of thiophene rings is 1. The Hall–Kier alpha value is -3.37. The molecule has 8 nitrogen and oxygen atoms in total. The van der Waals surface area contributed by atoms with Crippen molar-refractivity contribution in [3.8, 4) is 5.75 Å². The number of hydrogen-bond acceptors (Lipinski definition) is 6. The number of ether oxygens (including phenoxy) is 1. The summed E-state index contributed by atoms with van der Waals surface area (Å²) in [6.07, 6.45) is 0. The van der Waals surface area contributed by atoms with Gasteiger partial charge in [0.15, 0.2) is 0 Å².